The number of nitrogens with zero attached hydrogens (tertiary/aromatic N) is 1. The molecule has 1 rings (SSSR count). The predicted molar refractivity (Wildman–Crippen MR) is 89.0 cm³/mol. The summed E-state index contributed by atoms with van der Waals surface area (Å²) in [6.45, 7) is 4.68. The van der Waals surface area contributed by atoms with Crippen LogP contribution < -0.4 is 5.73 Å². The molecule has 0 aromatic heterocycles. The molecule has 23 heavy (non-hydrogen) atoms. The van der Waals surface area contributed by atoms with Crippen molar-refractivity contribution in [1.82, 2.24) is 4.90 Å². The smallest absolute Gasteiger partial charge is 0.308 e. The van der Waals surface area contributed by atoms with Gasteiger partial charge in [0.25, 0.3) is 0 Å². The Morgan fingerprint density at radius 2 is 1.74 bits per heavy atom. The number of likely N-dealkylation sites (N-methyl/N-ethyl adjacent to an activating group) is 1. The van der Waals surface area contributed by atoms with Crippen molar-refractivity contribution in [2.75, 3.05) is 53.1 Å². The Morgan fingerprint density at radius 3 is 2.43 bits per heavy atom. The zero-order chi connectivity index (χ0) is 16.8. The van der Waals surface area contributed by atoms with Gasteiger partial charge in [-0.2, -0.15) is 0 Å². The van der Waals surface area contributed by atoms with E-state index in [-0.39, 0.29) is 12.4 Å². The van der Waals surface area contributed by atoms with Crippen LogP contribution in [-0.4, -0.2) is 64.0 Å². The molecule has 0 heterocycles. The summed E-state index contributed by atoms with van der Waals surface area (Å²) in [5, 5.41) is 0. The van der Waals surface area contributed by atoms with Gasteiger partial charge >= 0.3 is 5.97 Å². The molecule has 0 spiro atoms. The minimum absolute atomic E-state index is 0.252. The molecule has 6 nitrogen and oxygen atoms in total. The zero-order valence-corrected chi connectivity index (χ0v) is 13.9. The van der Waals surface area contributed by atoms with Crippen LogP contribution in [0.25, 0.3) is 0 Å². The van der Waals surface area contributed by atoms with E-state index in [1.165, 1.54) is 0 Å². The van der Waals surface area contributed by atoms with E-state index in [2.05, 4.69) is 4.90 Å². The summed E-state index contributed by atoms with van der Waals surface area (Å²) in [6.07, 6.45) is 0.256. The molecule has 0 bridgehead atoms. The number of hydrogen-bond acceptors (Lipinski definition) is 6. The van der Waals surface area contributed by atoms with Gasteiger partial charge in [-0.25, -0.2) is 0 Å². The molecule has 0 saturated heterocycles. The molecule has 0 radical (unpaired) electrons. The third-order valence-electron chi connectivity index (χ3n) is 3.19. The Balaban J connectivity index is 1.89. The third kappa shape index (κ3) is 10.8. The lowest BCUT2D eigenvalue weighted by Crippen LogP contribution is -2.29. The van der Waals surface area contributed by atoms with E-state index in [0.717, 1.165) is 18.7 Å². The number of hydrogen-bond donors (Lipinski definition) is 1. The van der Waals surface area contributed by atoms with Crippen LogP contribution >= 0.6 is 0 Å². The third-order valence-corrected chi connectivity index (χ3v) is 3.19. The second-order valence-corrected chi connectivity index (χ2v) is 5.21. The summed E-state index contributed by atoms with van der Waals surface area (Å²) in [4.78, 5) is 13.7. The van der Waals surface area contributed by atoms with E-state index in [9.17, 15) is 4.79 Å². The summed E-state index contributed by atoms with van der Waals surface area (Å²) in [5.41, 5.74) is 6.43. The largest absolute Gasteiger partial charge is 0.461 e. The normalized spacial score (nSPS) is 10.9. The number of nitrogens with two attached hydrogens (primary N) is 1. The topological polar surface area (TPSA) is 74.0 Å². The van der Waals surface area contributed by atoms with Gasteiger partial charge in [0.05, 0.1) is 32.8 Å². The fourth-order valence-corrected chi connectivity index (χ4v) is 1.84. The van der Waals surface area contributed by atoms with Crippen molar-refractivity contribution in [3.05, 3.63) is 35.9 Å². The minimum Gasteiger partial charge on any atom is -0.461 e. The summed E-state index contributed by atoms with van der Waals surface area (Å²) in [7, 11) is 2.01. The number of carbonyl (C=O) groups excluding carboxylic acids is 1. The molecular formula is C17H28N2O4. The standard InChI is InChI=1S/C17H28N2O4/c1-19(9-8-18)10-12-22-14-13-21-11-7-17(20)23-15-16-5-3-2-4-6-16/h2-6H,7-15,18H2,1H3. The van der Waals surface area contributed by atoms with Crippen LogP contribution in [0, 0.1) is 0 Å². The lowest BCUT2D eigenvalue weighted by atomic mass is 10.2. The molecule has 0 saturated carbocycles. The quantitative estimate of drug-likeness (QED) is 0.432. The average molecular weight is 324 g/mol. The summed E-state index contributed by atoms with van der Waals surface area (Å²) in [5.74, 6) is -0.252. The fourth-order valence-electron chi connectivity index (χ4n) is 1.84. The van der Waals surface area contributed by atoms with Crippen molar-refractivity contribution >= 4 is 5.97 Å². The van der Waals surface area contributed by atoms with Gasteiger partial charge in [-0.1, -0.05) is 30.3 Å². The van der Waals surface area contributed by atoms with Crippen molar-refractivity contribution in [1.29, 1.82) is 0 Å². The van der Waals surface area contributed by atoms with Crippen LogP contribution in [0.3, 0.4) is 0 Å². The Kier molecular flexibility index (Phi) is 11.1. The Hall–Kier alpha value is -1.47. The summed E-state index contributed by atoms with van der Waals surface area (Å²) < 4.78 is 15.9. The molecule has 0 atom stereocenters. The highest BCUT2D eigenvalue weighted by atomic mass is 16.5. The number of ether oxygens (including phenoxy) is 3. The van der Waals surface area contributed by atoms with Crippen molar-refractivity contribution in [3.8, 4) is 0 Å². The Bertz CT molecular complexity index is 414. The van der Waals surface area contributed by atoms with Gasteiger partial charge in [0, 0.05) is 19.6 Å². The summed E-state index contributed by atoms with van der Waals surface area (Å²) >= 11 is 0. The fraction of sp³-hybridized carbons (Fsp3) is 0.588. The molecule has 0 aliphatic rings. The van der Waals surface area contributed by atoms with Crippen LogP contribution in [0.15, 0.2) is 30.3 Å². The molecule has 1 aromatic rings. The second kappa shape index (κ2) is 13.0. The van der Waals surface area contributed by atoms with Crippen molar-refractivity contribution in [2.45, 2.75) is 13.0 Å². The van der Waals surface area contributed by atoms with Gasteiger partial charge in [-0.3, -0.25) is 4.79 Å². The van der Waals surface area contributed by atoms with E-state index in [4.69, 9.17) is 19.9 Å². The zero-order valence-electron chi connectivity index (χ0n) is 13.9. The first kappa shape index (κ1) is 19.6. The van der Waals surface area contributed by atoms with Crippen molar-refractivity contribution in [2.24, 2.45) is 5.73 Å². The van der Waals surface area contributed by atoms with Crippen molar-refractivity contribution < 1.29 is 19.0 Å². The van der Waals surface area contributed by atoms with Gasteiger partial charge in [0.1, 0.15) is 6.61 Å². The number of esters is 1. The molecule has 130 valence electrons. The van der Waals surface area contributed by atoms with Gasteiger partial charge in [0.15, 0.2) is 0 Å². The molecule has 0 amide bonds. The first-order valence-corrected chi connectivity index (χ1v) is 7.96. The van der Waals surface area contributed by atoms with E-state index in [1.807, 2.05) is 37.4 Å². The first-order valence-electron chi connectivity index (χ1n) is 7.96. The number of carbonyl (C=O) groups is 1. The lowest BCUT2D eigenvalue weighted by molar-refractivity contribution is -0.146. The summed E-state index contributed by atoms with van der Waals surface area (Å²) in [6, 6.07) is 9.61. The lowest BCUT2D eigenvalue weighted by Gasteiger charge is -2.15. The molecule has 0 fully saturated rings. The van der Waals surface area contributed by atoms with Crippen LogP contribution in [0.1, 0.15) is 12.0 Å². The van der Waals surface area contributed by atoms with Gasteiger partial charge in [0.2, 0.25) is 0 Å². The highest BCUT2D eigenvalue weighted by molar-refractivity contribution is 5.69. The molecule has 2 N–H and O–H groups in total. The van der Waals surface area contributed by atoms with Crippen LogP contribution in [0.2, 0.25) is 0 Å². The second-order valence-electron chi connectivity index (χ2n) is 5.21. The highest BCUT2D eigenvalue weighted by Gasteiger charge is 2.03. The van der Waals surface area contributed by atoms with Crippen molar-refractivity contribution in [3.63, 3.8) is 0 Å². The number of rotatable bonds is 13. The predicted octanol–water partition coefficient (Wildman–Crippen LogP) is 1.04. The maximum absolute atomic E-state index is 11.5. The molecule has 6 heteroatoms. The SMILES string of the molecule is CN(CCN)CCOCCOCCC(=O)OCc1ccccc1. The molecular weight excluding hydrogens is 296 g/mol. The van der Waals surface area contributed by atoms with Crippen LogP contribution in [0.5, 0.6) is 0 Å². The molecule has 0 aliphatic carbocycles. The maximum Gasteiger partial charge on any atom is 0.308 e. The monoisotopic (exact) mass is 324 g/mol. The average Bonchev–Trinajstić information content (AvgIpc) is 2.56. The highest BCUT2D eigenvalue weighted by Crippen LogP contribution is 2.01. The molecule has 0 unspecified atom stereocenters. The van der Waals surface area contributed by atoms with Gasteiger partial charge < -0.3 is 24.8 Å². The van der Waals surface area contributed by atoms with E-state index < -0.39 is 0 Å². The van der Waals surface area contributed by atoms with Crippen LogP contribution in [0.4, 0.5) is 0 Å². The Morgan fingerprint density at radius 1 is 1.04 bits per heavy atom. The Labute approximate surface area is 138 Å². The van der Waals surface area contributed by atoms with E-state index >= 15 is 0 Å². The van der Waals surface area contributed by atoms with Gasteiger partial charge in [-0.05, 0) is 12.6 Å². The number of benzene rings is 1. The van der Waals surface area contributed by atoms with Gasteiger partial charge in [-0.15, -0.1) is 0 Å². The van der Waals surface area contributed by atoms with E-state index in [1.54, 1.807) is 0 Å². The first-order chi connectivity index (χ1) is 11.2. The molecule has 1 aromatic carbocycles. The molecule has 0 aliphatic heterocycles. The van der Waals surface area contributed by atoms with E-state index in [0.29, 0.717) is 39.6 Å². The van der Waals surface area contributed by atoms with Crippen LogP contribution in [-0.2, 0) is 25.6 Å². The maximum atomic E-state index is 11.5. The minimum atomic E-state index is -0.252.